The van der Waals surface area contributed by atoms with Gasteiger partial charge in [0.05, 0.1) is 12.1 Å². The van der Waals surface area contributed by atoms with E-state index >= 15 is 0 Å². The molecule has 0 aromatic carbocycles. The molecule has 1 aromatic rings. The van der Waals surface area contributed by atoms with Gasteiger partial charge in [-0.1, -0.05) is 13.8 Å². The van der Waals surface area contributed by atoms with E-state index in [4.69, 9.17) is 4.74 Å². The smallest absolute Gasteiger partial charge is 0.416 e. The quantitative estimate of drug-likeness (QED) is 0.830. The number of nitrogens with zero attached hydrogens (tertiary/aromatic N) is 2. The fourth-order valence-corrected chi connectivity index (χ4v) is 2.74. The number of alkyl halides is 3. The van der Waals surface area contributed by atoms with E-state index in [1.807, 2.05) is 13.8 Å². The minimum Gasteiger partial charge on any atom is -0.472 e. The molecule has 1 unspecified atom stereocenters. The first kappa shape index (κ1) is 17.6. The number of hydrogen-bond acceptors (Lipinski definition) is 3. The molecule has 128 valence electrons. The largest absolute Gasteiger partial charge is 0.472 e. The highest BCUT2D eigenvalue weighted by Crippen LogP contribution is 2.31. The van der Waals surface area contributed by atoms with Crippen LogP contribution in [0.25, 0.3) is 0 Å². The Labute approximate surface area is 133 Å². The van der Waals surface area contributed by atoms with Crippen LogP contribution in [0.5, 0.6) is 5.88 Å². The highest BCUT2D eigenvalue weighted by atomic mass is 19.4. The van der Waals surface area contributed by atoms with Gasteiger partial charge in [-0.2, -0.15) is 13.2 Å². The molecule has 0 bridgehead atoms. The van der Waals surface area contributed by atoms with Crippen molar-refractivity contribution in [2.45, 2.75) is 45.4 Å². The third-order valence-corrected chi connectivity index (χ3v) is 4.14. The number of aromatic nitrogens is 1. The summed E-state index contributed by atoms with van der Waals surface area (Å²) in [5.41, 5.74) is -0.787. The Morgan fingerprint density at radius 1 is 1.43 bits per heavy atom. The third kappa shape index (κ3) is 4.36. The number of amides is 1. The standard InChI is InChI=1S/C16H21F3N2O2/c1-3-11(4-2)15(22)21-8-6-13(10-21)23-14-9-12(5-7-20-14)16(17,18)19/h5,7,9,11,13H,3-4,6,8,10H2,1-2H3. The van der Waals surface area contributed by atoms with Crippen molar-refractivity contribution in [2.24, 2.45) is 5.92 Å². The molecule has 23 heavy (non-hydrogen) atoms. The van der Waals surface area contributed by atoms with Crippen LogP contribution in [-0.2, 0) is 11.0 Å². The van der Waals surface area contributed by atoms with Crippen LogP contribution in [0.3, 0.4) is 0 Å². The van der Waals surface area contributed by atoms with Gasteiger partial charge in [0, 0.05) is 31.1 Å². The van der Waals surface area contributed by atoms with Crippen molar-refractivity contribution in [3.8, 4) is 5.88 Å². The summed E-state index contributed by atoms with van der Waals surface area (Å²) in [6.07, 6.45) is -1.48. The zero-order chi connectivity index (χ0) is 17.0. The lowest BCUT2D eigenvalue weighted by Crippen LogP contribution is -2.35. The second kappa shape index (κ2) is 7.19. The molecule has 7 heteroatoms. The van der Waals surface area contributed by atoms with Crippen LogP contribution >= 0.6 is 0 Å². The maximum atomic E-state index is 12.7. The number of halogens is 3. The van der Waals surface area contributed by atoms with Crippen LogP contribution < -0.4 is 4.74 Å². The molecule has 2 heterocycles. The number of carbonyl (C=O) groups excluding carboxylic acids is 1. The van der Waals surface area contributed by atoms with Gasteiger partial charge in [-0.05, 0) is 18.9 Å². The molecule has 0 spiro atoms. The second-order valence-electron chi connectivity index (χ2n) is 5.71. The first-order chi connectivity index (χ1) is 10.8. The van der Waals surface area contributed by atoms with Gasteiger partial charge in [-0.3, -0.25) is 4.79 Å². The summed E-state index contributed by atoms with van der Waals surface area (Å²) in [7, 11) is 0. The Balaban J connectivity index is 1.97. The lowest BCUT2D eigenvalue weighted by atomic mass is 10.0. The van der Waals surface area contributed by atoms with E-state index in [0.29, 0.717) is 19.5 Å². The highest BCUT2D eigenvalue weighted by Gasteiger charge is 2.33. The molecule has 2 rings (SSSR count). The van der Waals surface area contributed by atoms with Crippen LogP contribution in [0.15, 0.2) is 18.3 Å². The Morgan fingerprint density at radius 3 is 2.74 bits per heavy atom. The number of likely N-dealkylation sites (tertiary alicyclic amines) is 1. The van der Waals surface area contributed by atoms with Crippen molar-refractivity contribution in [3.63, 3.8) is 0 Å². The van der Waals surface area contributed by atoms with Gasteiger partial charge >= 0.3 is 6.18 Å². The molecule has 4 nitrogen and oxygen atoms in total. The number of carbonyl (C=O) groups is 1. The molecular formula is C16H21F3N2O2. The molecule has 1 atom stereocenters. The predicted molar refractivity (Wildman–Crippen MR) is 78.9 cm³/mol. The summed E-state index contributed by atoms with van der Waals surface area (Å²) >= 11 is 0. The molecule has 1 saturated heterocycles. The fourth-order valence-electron chi connectivity index (χ4n) is 2.74. The zero-order valence-electron chi connectivity index (χ0n) is 13.3. The summed E-state index contributed by atoms with van der Waals surface area (Å²) in [5.74, 6) is 0.0418. The van der Waals surface area contributed by atoms with E-state index in [1.165, 1.54) is 0 Å². The molecule has 1 amide bonds. The van der Waals surface area contributed by atoms with Crippen molar-refractivity contribution in [2.75, 3.05) is 13.1 Å². The van der Waals surface area contributed by atoms with E-state index in [2.05, 4.69) is 4.98 Å². The maximum Gasteiger partial charge on any atom is 0.416 e. The van der Waals surface area contributed by atoms with Gasteiger partial charge in [-0.15, -0.1) is 0 Å². The van der Waals surface area contributed by atoms with Crippen LogP contribution in [0.4, 0.5) is 13.2 Å². The predicted octanol–water partition coefficient (Wildman–Crippen LogP) is 3.52. The molecule has 1 aromatic heterocycles. The van der Waals surface area contributed by atoms with Crippen LogP contribution in [0, 0.1) is 5.92 Å². The highest BCUT2D eigenvalue weighted by molar-refractivity contribution is 5.79. The number of ether oxygens (including phenoxy) is 1. The van der Waals surface area contributed by atoms with Crippen molar-refractivity contribution in [3.05, 3.63) is 23.9 Å². The van der Waals surface area contributed by atoms with E-state index in [1.54, 1.807) is 4.90 Å². The minimum absolute atomic E-state index is 0.000400. The van der Waals surface area contributed by atoms with E-state index < -0.39 is 11.7 Å². The number of rotatable bonds is 5. The summed E-state index contributed by atoms with van der Waals surface area (Å²) in [6.45, 7) is 4.91. The first-order valence-electron chi connectivity index (χ1n) is 7.83. The number of hydrogen-bond donors (Lipinski definition) is 0. The van der Waals surface area contributed by atoms with Crippen LogP contribution in [-0.4, -0.2) is 35.0 Å². The van der Waals surface area contributed by atoms with E-state index in [9.17, 15) is 18.0 Å². The minimum atomic E-state index is -4.42. The van der Waals surface area contributed by atoms with Crippen molar-refractivity contribution in [1.82, 2.24) is 9.88 Å². The molecule has 1 aliphatic rings. The molecule has 1 fully saturated rings. The zero-order valence-corrected chi connectivity index (χ0v) is 13.3. The van der Waals surface area contributed by atoms with Crippen LogP contribution in [0.2, 0.25) is 0 Å². The summed E-state index contributed by atoms with van der Waals surface area (Å²) in [5, 5.41) is 0. The maximum absolute atomic E-state index is 12.7. The second-order valence-corrected chi connectivity index (χ2v) is 5.71. The first-order valence-corrected chi connectivity index (χ1v) is 7.83. The van der Waals surface area contributed by atoms with E-state index in [0.717, 1.165) is 31.2 Å². The van der Waals surface area contributed by atoms with Gasteiger partial charge in [0.25, 0.3) is 0 Å². The van der Waals surface area contributed by atoms with Crippen molar-refractivity contribution < 1.29 is 22.7 Å². The Bertz CT molecular complexity index is 544. The fraction of sp³-hybridized carbons (Fsp3) is 0.625. The molecule has 0 saturated carbocycles. The lowest BCUT2D eigenvalue weighted by molar-refractivity contribution is -0.137. The Kier molecular flexibility index (Phi) is 5.49. The van der Waals surface area contributed by atoms with Gasteiger partial charge in [-0.25, -0.2) is 4.98 Å². The van der Waals surface area contributed by atoms with Crippen molar-refractivity contribution >= 4 is 5.91 Å². The molecule has 1 aliphatic heterocycles. The van der Waals surface area contributed by atoms with Gasteiger partial charge < -0.3 is 9.64 Å². The normalized spacial score (nSPS) is 18.5. The number of pyridine rings is 1. The summed E-state index contributed by atoms with van der Waals surface area (Å²) in [6, 6.07) is 1.80. The molecule has 0 radical (unpaired) electrons. The average molecular weight is 330 g/mol. The summed E-state index contributed by atoms with van der Waals surface area (Å²) in [4.78, 5) is 17.9. The monoisotopic (exact) mass is 330 g/mol. The average Bonchev–Trinajstić information content (AvgIpc) is 2.96. The summed E-state index contributed by atoms with van der Waals surface area (Å²) < 4.78 is 43.6. The topological polar surface area (TPSA) is 42.4 Å². The Hall–Kier alpha value is -1.79. The van der Waals surface area contributed by atoms with E-state index in [-0.39, 0.29) is 23.8 Å². The van der Waals surface area contributed by atoms with Crippen LogP contribution in [0.1, 0.15) is 38.7 Å². The van der Waals surface area contributed by atoms with Gasteiger partial charge in [0.2, 0.25) is 11.8 Å². The molecular weight excluding hydrogens is 309 g/mol. The Morgan fingerprint density at radius 2 is 2.13 bits per heavy atom. The third-order valence-electron chi connectivity index (χ3n) is 4.14. The van der Waals surface area contributed by atoms with Gasteiger partial charge in [0.15, 0.2) is 0 Å². The molecule has 0 aliphatic carbocycles. The van der Waals surface area contributed by atoms with Gasteiger partial charge in [0.1, 0.15) is 6.10 Å². The molecule has 0 N–H and O–H groups in total. The lowest BCUT2D eigenvalue weighted by Gasteiger charge is -2.21. The van der Waals surface area contributed by atoms with Crippen molar-refractivity contribution in [1.29, 1.82) is 0 Å². The SMILES string of the molecule is CCC(CC)C(=O)N1CCC(Oc2cc(C(F)(F)F)ccn2)C1.